The van der Waals surface area contributed by atoms with Crippen LogP contribution in [0.5, 0.6) is 0 Å². The number of nitrogens with one attached hydrogen (secondary N) is 1. The molecule has 0 spiro atoms. The Morgan fingerprint density at radius 3 is 2.84 bits per heavy atom. The van der Waals surface area contributed by atoms with Gasteiger partial charge in [-0.05, 0) is 46.6 Å². The molecule has 0 atom stereocenters. The molecule has 0 unspecified atom stereocenters. The Balaban J connectivity index is 2.05. The van der Waals surface area contributed by atoms with Gasteiger partial charge in [0.2, 0.25) is 0 Å². The minimum atomic E-state index is -0.202. The number of hydrogen-bond acceptors (Lipinski definition) is 2. The van der Waals surface area contributed by atoms with Gasteiger partial charge in [0, 0.05) is 22.9 Å². The summed E-state index contributed by atoms with van der Waals surface area (Å²) in [6.45, 7) is 2.35. The third-order valence-electron chi connectivity index (χ3n) is 2.62. The Hall–Kier alpha value is -1.39. The quantitative estimate of drug-likeness (QED) is 0.925. The first-order valence-electron chi connectivity index (χ1n) is 5.71. The third kappa shape index (κ3) is 3.55. The van der Waals surface area contributed by atoms with Crippen LogP contribution in [0.1, 0.15) is 21.6 Å². The van der Waals surface area contributed by atoms with Gasteiger partial charge in [0.15, 0.2) is 0 Å². The number of aromatic nitrogens is 1. The molecule has 0 bridgehead atoms. The molecule has 1 N–H and O–H groups in total. The lowest BCUT2D eigenvalue weighted by Crippen LogP contribution is -2.23. The van der Waals surface area contributed by atoms with Gasteiger partial charge < -0.3 is 5.32 Å². The molecule has 1 heterocycles. The minimum Gasteiger partial charge on any atom is -0.348 e. The number of carbonyl (C=O) groups is 1. The molecule has 0 aliphatic rings. The first-order chi connectivity index (χ1) is 9.08. The Labute approximate surface area is 125 Å². The highest BCUT2D eigenvalue weighted by Gasteiger charge is 2.11. The van der Waals surface area contributed by atoms with E-state index in [-0.39, 0.29) is 5.91 Å². The Kier molecular flexibility index (Phi) is 4.56. The highest BCUT2D eigenvalue weighted by atomic mass is 79.9. The highest BCUT2D eigenvalue weighted by molar-refractivity contribution is 9.10. The number of nitrogens with zero attached hydrogens (tertiary/aromatic N) is 1. The summed E-state index contributed by atoms with van der Waals surface area (Å²) in [6.07, 6.45) is 1.75. The number of amides is 1. The Morgan fingerprint density at radius 1 is 1.37 bits per heavy atom. The first-order valence-corrected chi connectivity index (χ1v) is 6.89. The lowest BCUT2D eigenvalue weighted by Gasteiger charge is -2.07. The van der Waals surface area contributed by atoms with E-state index in [1.807, 2.05) is 19.1 Å². The largest absolute Gasteiger partial charge is 0.348 e. The third-order valence-corrected chi connectivity index (χ3v) is 3.92. The lowest BCUT2D eigenvalue weighted by atomic mass is 10.2. The van der Waals surface area contributed by atoms with Crippen molar-refractivity contribution in [1.29, 1.82) is 0 Å². The van der Waals surface area contributed by atoms with E-state index in [9.17, 15) is 4.79 Å². The van der Waals surface area contributed by atoms with Crippen LogP contribution in [0.15, 0.2) is 41.0 Å². The number of pyridine rings is 1. The van der Waals surface area contributed by atoms with Gasteiger partial charge in [-0.2, -0.15) is 0 Å². The molecule has 19 heavy (non-hydrogen) atoms. The van der Waals surface area contributed by atoms with E-state index >= 15 is 0 Å². The molecule has 0 saturated heterocycles. The zero-order valence-electron chi connectivity index (χ0n) is 10.3. The Morgan fingerprint density at radius 2 is 2.16 bits per heavy atom. The standard InChI is InChI=1S/C14H12BrClN2O/c1-9-5-6-10(7-17-9)8-18-14(19)11-3-2-4-12(15)13(11)16/h2-7H,8H2,1H3,(H,18,19). The average molecular weight is 340 g/mol. The van der Waals surface area contributed by atoms with E-state index in [2.05, 4.69) is 26.2 Å². The molecule has 0 fully saturated rings. The minimum absolute atomic E-state index is 0.202. The van der Waals surface area contributed by atoms with Crippen LogP contribution in [0.2, 0.25) is 5.02 Å². The van der Waals surface area contributed by atoms with Crippen LogP contribution < -0.4 is 5.32 Å². The summed E-state index contributed by atoms with van der Waals surface area (Å²) in [5.74, 6) is -0.202. The smallest absolute Gasteiger partial charge is 0.253 e. The second-order valence-corrected chi connectivity index (χ2v) is 5.32. The molecular weight excluding hydrogens is 328 g/mol. The molecule has 2 rings (SSSR count). The molecule has 1 aromatic heterocycles. The van der Waals surface area contributed by atoms with E-state index in [1.165, 1.54) is 0 Å². The summed E-state index contributed by atoms with van der Waals surface area (Å²) in [6, 6.07) is 9.11. The monoisotopic (exact) mass is 338 g/mol. The molecule has 98 valence electrons. The van der Waals surface area contributed by atoms with Crippen LogP contribution >= 0.6 is 27.5 Å². The van der Waals surface area contributed by atoms with Crippen molar-refractivity contribution in [3.63, 3.8) is 0 Å². The molecule has 0 saturated carbocycles. The fourth-order valence-corrected chi connectivity index (χ4v) is 2.14. The van der Waals surface area contributed by atoms with Gasteiger partial charge >= 0.3 is 0 Å². The molecule has 3 nitrogen and oxygen atoms in total. The number of benzene rings is 1. The van der Waals surface area contributed by atoms with Gasteiger partial charge in [-0.3, -0.25) is 9.78 Å². The van der Waals surface area contributed by atoms with Crippen LogP contribution in [0.4, 0.5) is 0 Å². The van der Waals surface area contributed by atoms with Crippen molar-refractivity contribution in [2.24, 2.45) is 0 Å². The van der Waals surface area contributed by atoms with Gasteiger partial charge in [-0.15, -0.1) is 0 Å². The second-order valence-electron chi connectivity index (χ2n) is 4.09. The second kappa shape index (κ2) is 6.17. The first kappa shape index (κ1) is 14.0. The topological polar surface area (TPSA) is 42.0 Å². The van der Waals surface area contributed by atoms with Crippen molar-refractivity contribution in [2.45, 2.75) is 13.5 Å². The normalized spacial score (nSPS) is 10.3. The number of halogens is 2. The highest BCUT2D eigenvalue weighted by Crippen LogP contribution is 2.25. The summed E-state index contributed by atoms with van der Waals surface area (Å²) >= 11 is 9.37. The zero-order valence-corrected chi connectivity index (χ0v) is 12.6. The lowest BCUT2D eigenvalue weighted by molar-refractivity contribution is 0.0951. The molecule has 0 aliphatic heterocycles. The van der Waals surface area contributed by atoms with Gasteiger partial charge in [-0.1, -0.05) is 23.7 Å². The van der Waals surface area contributed by atoms with Crippen molar-refractivity contribution in [3.8, 4) is 0 Å². The van der Waals surface area contributed by atoms with Crippen LogP contribution in [0.25, 0.3) is 0 Å². The van der Waals surface area contributed by atoms with Crippen molar-refractivity contribution < 1.29 is 4.79 Å². The van der Waals surface area contributed by atoms with E-state index in [0.29, 0.717) is 21.6 Å². The van der Waals surface area contributed by atoms with E-state index in [1.54, 1.807) is 24.4 Å². The maximum atomic E-state index is 12.0. The Bertz CT molecular complexity index is 599. The fourth-order valence-electron chi connectivity index (χ4n) is 1.56. The molecule has 1 aromatic carbocycles. The summed E-state index contributed by atoms with van der Waals surface area (Å²) in [5, 5.41) is 3.24. The van der Waals surface area contributed by atoms with E-state index < -0.39 is 0 Å². The van der Waals surface area contributed by atoms with E-state index in [4.69, 9.17) is 11.6 Å². The summed E-state index contributed by atoms with van der Waals surface area (Å²) in [4.78, 5) is 16.2. The predicted molar refractivity (Wildman–Crippen MR) is 79.3 cm³/mol. The number of carbonyl (C=O) groups excluding carboxylic acids is 1. The molecule has 1 amide bonds. The SMILES string of the molecule is Cc1ccc(CNC(=O)c2cccc(Br)c2Cl)cn1. The van der Waals surface area contributed by atoms with Gasteiger partial charge in [-0.25, -0.2) is 0 Å². The molecule has 0 aliphatic carbocycles. The fraction of sp³-hybridized carbons (Fsp3) is 0.143. The van der Waals surface area contributed by atoms with E-state index in [0.717, 1.165) is 11.3 Å². The van der Waals surface area contributed by atoms with Crippen LogP contribution in [0, 0.1) is 6.92 Å². The number of rotatable bonds is 3. The molecule has 0 radical (unpaired) electrons. The maximum absolute atomic E-state index is 12.0. The van der Waals surface area contributed by atoms with Crippen molar-refractivity contribution in [2.75, 3.05) is 0 Å². The number of aryl methyl sites for hydroxylation is 1. The van der Waals surface area contributed by atoms with Gasteiger partial charge in [0.05, 0.1) is 10.6 Å². The predicted octanol–water partition coefficient (Wildman–Crippen LogP) is 3.74. The average Bonchev–Trinajstić information content (AvgIpc) is 2.41. The van der Waals surface area contributed by atoms with Crippen molar-refractivity contribution in [1.82, 2.24) is 10.3 Å². The summed E-state index contributed by atoms with van der Waals surface area (Å²) < 4.78 is 0.707. The maximum Gasteiger partial charge on any atom is 0.253 e. The van der Waals surface area contributed by atoms with Gasteiger partial charge in [0.1, 0.15) is 0 Å². The van der Waals surface area contributed by atoms with Crippen LogP contribution in [-0.4, -0.2) is 10.9 Å². The van der Waals surface area contributed by atoms with Crippen LogP contribution in [0.3, 0.4) is 0 Å². The van der Waals surface area contributed by atoms with Crippen LogP contribution in [-0.2, 0) is 6.54 Å². The zero-order chi connectivity index (χ0) is 13.8. The molecular formula is C14H12BrClN2O. The summed E-state index contributed by atoms with van der Waals surface area (Å²) in [7, 11) is 0. The molecule has 5 heteroatoms. The molecule has 2 aromatic rings. The van der Waals surface area contributed by atoms with Gasteiger partial charge in [0.25, 0.3) is 5.91 Å². The van der Waals surface area contributed by atoms with Crippen molar-refractivity contribution in [3.05, 3.63) is 62.8 Å². The summed E-state index contributed by atoms with van der Waals surface area (Å²) in [5.41, 5.74) is 2.35. The van der Waals surface area contributed by atoms with Crippen molar-refractivity contribution >= 4 is 33.4 Å². The number of hydrogen-bond donors (Lipinski definition) is 1.